The topological polar surface area (TPSA) is 50.4 Å². The highest BCUT2D eigenvalue weighted by molar-refractivity contribution is 7.80. The molecule has 0 radical (unpaired) electrons. The quantitative estimate of drug-likeness (QED) is 0.384. The molecule has 0 heterocycles. The van der Waals surface area contributed by atoms with E-state index < -0.39 is 0 Å². The van der Waals surface area contributed by atoms with Gasteiger partial charge >= 0.3 is 0 Å². The van der Waals surface area contributed by atoms with Gasteiger partial charge in [0.1, 0.15) is 0 Å². The van der Waals surface area contributed by atoms with Crippen molar-refractivity contribution in [3.63, 3.8) is 0 Å². The Morgan fingerprint density at radius 3 is 2.63 bits per heavy atom. The number of benzene rings is 1. The molecule has 3 atom stereocenters. The third-order valence-electron chi connectivity index (χ3n) is 4.03. The Bertz CT molecular complexity index is 533. The van der Waals surface area contributed by atoms with Gasteiger partial charge in [0.15, 0.2) is 5.11 Å². The second kappa shape index (κ2) is 5.13. The maximum atomic E-state index is 5.30. The summed E-state index contributed by atoms with van der Waals surface area (Å²) in [6.07, 6.45) is 9.14. The molecule has 0 amide bonds. The second-order valence-electron chi connectivity index (χ2n) is 5.29. The van der Waals surface area contributed by atoms with E-state index in [9.17, 15) is 0 Å². The molecular formula is C15H17N3S. The molecule has 4 heteroatoms. The lowest BCUT2D eigenvalue weighted by Crippen LogP contribution is -2.23. The molecule has 1 fully saturated rings. The van der Waals surface area contributed by atoms with E-state index in [1.54, 1.807) is 6.21 Å². The van der Waals surface area contributed by atoms with E-state index >= 15 is 0 Å². The summed E-state index contributed by atoms with van der Waals surface area (Å²) in [5.41, 5.74) is 10.3. The number of hydrazone groups is 1. The van der Waals surface area contributed by atoms with Crippen molar-refractivity contribution >= 4 is 23.5 Å². The van der Waals surface area contributed by atoms with Crippen molar-refractivity contribution in [3.8, 4) is 0 Å². The Kier molecular flexibility index (Phi) is 3.34. The van der Waals surface area contributed by atoms with Gasteiger partial charge in [-0.2, -0.15) is 5.10 Å². The normalized spacial score (nSPS) is 28.1. The highest BCUT2D eigenvalue weighted by atomic mass is 32.1. The molecule has 3 rings (SSSR count). The predicted molar refractivity (Wildman–Crippen MR) is 82.1 cm³/mol. The van der Waals surface area contributed by atoms with Crippen LogP contribution in [-0.4, -0.2) is 11.3 Å². The third-order valence-corrected chi connectivity index (χ3v) is 4.12. The van der Waals surface area contributed by atoms with Crippen LogP contribution in [0.4, 0.5) is 0 Å². The average molecular weight is 271 g/mol. The first-order valence-corrected chi connectivity index (χ1v) is 7.00. The van der Waals surface area contributed by atoms with Crippen LogP contribution in [0.15, 0.2) is 41.5 Å². The third kappa shape index (κ3) is 2.68. The predicted octanol–water partition coefficient (Wildman–Crippen LogP) is 2.53. The molecule has 0 aromatic heterocycles. The molecule has 0 saturated heterocycles. The lowest BCUT2D eigenvalue weighted by Gasteiger charge is -2.18. The molecule has 2 bridgehead atoms. The smallest absolute Gasteiger partial charge is 0.184 e. The van der Waals surface area contributed by atoms with Crippen molar-refractivity contribution in [3.05, 3.63) is 47.5 Å². The molecule has 2 aliphatic carbocycles. The minimum absolute atomic E-state index is 0.182. The zero-order valence-corrected chi connectivity index (χ0v) is 11.4. The maximum Gasteiger partial charge on any atom is 0.184 e. The molecule has 1 aromatic carbocycles. The number of fused-ring (bicyclic) bond motifs is 2. The van der Waals surface area contributed by atoms with E-state index in [1.165, 1.54) is 18.4 Å². The molecule has 3 nitrogen and oxygen atoms in total. The van der Waals surface area contributed by atoms with Gasteiger partial charge in [-0.15, -0.1) is 0 Å². The molecule has 3 unspecified atom stereocenters. The van der Waals surface area contributed by atoms with Crippen LogP contribution in [-0.2, 0) is 0 Å². The Labute approximate surface area is 118 Å². The van der Waals surface area contributed by atoms with Gasteiger partial charge in [-0.25, -0.2) is 0 Å². The lowest BCUT2D eigenvalue weighted by atomic mass is 9.86. The summed E-state index contributed by atoms with van der Waals surface area (Å²) in [6, 6.07) is 8.61. The number of nitrogens with two attached hydrogens (primary N) is 1. The number of nitrogens with one attached hydrogen (secondary N) is 1. The SMILES string of the molecule is NC(=S)N/N=C/c1ccc(C2CC3C=CC2C3)cc1. The van der Waals surface area contributed by atoms with Crippen molar-refractivity contribution in [2.75, 3.05) is 0 Å². The number of hydrogen-bond acceptors (Lipinski definition) is 2. The Balaban J connectivity index is 1.68. The van der Waals surface area contributed by atoms with Crippen molar-refractivity contribution in [2.45, 2.75) is 18.8 Å². The van der Waals surface area contributed by atoms with E-state index in [0.717, 1.165) is 17.4 Å². The Morgan fingerprint density at radius 2 is 2.05 bits per heavy atom. The Hall–Kier alpha value is -1.68. The standard InChI is InChI=1S/C15H17N3S/c16-15(19)18-17-9-10-1-4-12(5-2-10)14-8-11-3-6-13(14)7-11/h1-6,9,11,13-14H,7-8H2,(H3,16,18,19)/b17-9+. The largest absolute Gasteiger partial charge is 0.375 e. The minimum atomic E-state index is 0.182. The van der Waals surface area contributed by atoms with E-state index in [4.69, 9.17) is 5.73 Å². The fourth-order valence-corrected chi connectivity index (χ4v) is 3.22. The van der Waals surface area contributed by atoms with Gasteiger partial charge in [0.2, 0.25) is 0 Å². The van der Waals surface area contributed by atoms with Gasteiger partial charge < -0.3 is 5.73 Å². The maximum absolute atomic E-state index is 5.30. The summed E-state index contributed by atoms with van der Waals surface area (Å²) in [7, 11) is 0. The first-order valence-electron chi connectivity index (χ1n) is 6.59. The zero-order valence-electron chi connectivity index (χ0n) is 10.6. The first kappa shape index (κ1) is 12.4. The van der Waals surface area contributed by atoms with Crippen LogP contribution in [0, 0.1) is 11.8 Å². The molecule has 1 saturated carbocycles. The van der Waals surface area contributed by atoms with Crippen molar-refractivity contribution in [2.24, 2.45) is 22.7 Å². The minimum Gasteiger partial charge on any atom is -0.375 e. The lowest BCUT2D eigenvalue weighted by molar-refractivity contribution is 0.585. The van der Waals surface area contributed by atoms with Gasteiger partial charge in [-0.1, -0.05) is 36.4 Å². The fraction of sp³-hybridized carbons (Fsp3) is 0.333. The Morgan fingerprint density at radius 1 is 1.26 bits per heavy atom. The highest BCUT2D eigenvalue weighted by Crippen LogP contribution is 2.48. The van der Waals surface area contributed by atoms with Crippen LogP contribution < -0.4 is 11.2 Å². The van der Waals surface area contributed by atoms with Gasteiger partial charge in [0.05, 0.1) is 6.21 Å². The van der Waals surface area contributed by atoms with Crippen LogP contribution in [0.3, 0.4) is 0 Å². The van der Waals surface area contributed by atoms with E-state index in [1.807, 2.05) is 0 Å². The summed E-state index contributed by atoms with van der Waals surface area (Å²) in [4.78, 5) is 0. The van der Waals surface area contributed by atoms with E-state index in [0.29, 0.717) is 5.92 Å². The number of allylic oxidation sites excluding steroid dienone is 2. The van der Waals surface area contributed by atoms with Crippen LogP contribution in [0.2, 0.25) is 0 Å². The first-order chi connectivity index (χ1) is 9.22. The van der Waals surface area contributed by atoms with Gasteiger partial charge in [0.25, 0.3) is 0 Å². The molecule has 98 valence electrons. The summed E-state index contributed by atoms with van der Waals surface area (Å²) in [5.74, 6) is 2.27. The van der Waals surface area contributed by atoms with Crippen LogP contribution in [0.1, 0.15) is 29.9 Å². The number of rotatable bonds is 3. The van der Waals surface area contributed by atoms with E-state index in [-0.39, 0.29) is 5.11 Å². The average Bonchev–Trinajstić information content (AvgIpc) is 3.01. The van der Waals surface area contributed by atoms with E-state index in [2.05, 4.69) is 59.2 Å². The summed E-state index contributed by atoms with van der Waals surface area (Å²) < 4.78 is 0. The number of thiocarbonyl (C=S) groups is 1. The van der Waals surface area contributed by atoms with Crippen molar-refractivity contribution < 1.29 is 0 Å². The summed E-state index contributed by atoms with van der Waals surface area (Å²) in [6.45, 7) is 0. The zero-order chi connectivity index (χ0) is 13.2. The monoisotopic (exact) mass is 271 g/mol. The van der Waals surface area contributed by atoms with Crippen LogP contribution in [0.25, 0.3) is 0 Å². The second-order valence-corrected chi connectivity index (χ2v) is 5.73. The molecule has 0 spiro atoms. The summed E-state index contributed by atoms with van der Waals surface area (Å²) >= 11 is 4.68. The van der Waals surface area contributed by atoms with Crippen LogP contribution >= 0.6 is 12.2 Å². The van der Waals surface area contributed by atoms with Crippen LogP contribution in [0.5, 0.6) is 0 Å². The molecule has 0 aliphatic heterocycles. The molecule has 2 aliphatic rings. The number of hydrogen-bond donors (Lipinski definition) is 2. The fourth-order valence-electron chi connectivity index (χ4n) is 3.16. The highest BCUT2D eigenvalue weighted by Gasteiger charge is 2.36. The molecule has 1 aromatic rings. The van der Waals surface area contributed by atoms with Crippen molar-refractivity contribution in [1.29, 1.82) is 0 Å². The van der Waals surface area contributed by atoms with Gasteiger partial charge in [-0.3, -0.25) is 5.43 Å². The number of nitrogens with zero attached hydrogens (tertiary/aromatic N) is 1. The van der Waals surface area contributed by atoms with Gasteiger partial charge in [0, 0.05) is 0 Å². The molecular weight excluding hydrogens is 254 g/mol. The summed E-state index contributed by atoms with van der Waals surface area (Å²) in [5, 5.41) is 4.14. The van der Waals surface area contributed by atoms with Crippen molar-refractivity contribution in [1.82, 2.24) is 5.43 Å². The van der Waals surface area contributed by atoms with Gasteiger partial charge in [-0.05, 0) is 53.9 Å². The molecule has 3 N–H and O–H groups in total. The molecule has 19 heavy (non-hydrogen) atoms.